The van der Waals surface area contributed by atoms with E-state index in [0.29, 0.717) is 0 Å². The molecule has 2 fully saturated rings. The Morgan fingerprint density at radius 2 is 1.60 bits per heavy atom. The Hall–Kier alpha value is -2.01. The Morgan fingerprint density at radius 1 is 1.00 bits per heavy atom. The van der Waals surface area contributed by atoms with E-state index in [0.717, 1.165) is 49.3 Å². The van der Waals surface area contributed by atoms with E-state index in [1.165, 1.54) is 25.7 Å². The molecular formula is C20H28N2O3. The van der Waals surface area contributed by atoms with Crippen molar-refractivity contribution in [2.45, 2.75) is 31.7 Å². The van der Waals surface area contributed by atoms with Crippen molar-refractivity contribution < 1.29 is 14.3 Å². The van der Waals surface area contributed by atoms with E-state index in [4.69, 9.17) is 9.47 Å². The van der Waals surface area contributed by atoms with Gasteiger partial charge in [-0.2, -0.15) is 0 Å². The van der Waals surface area contributed by atoms with E-state index in [9.17, 15) is 4.79 Å². The third-order valence-electron chi connectivity index (χ3n) is 5.26. The Morgan fingerprint density at radius 3 is 2.16 bits per heavy atom. The summed E-state index contributed by atoms with van der Waals surface area (Å²) in [6.45, 7) is 3.64. The van der Waals surface area contributed by atoms with Crippen molar-refractivity contribution in [1.29, 1.82) is 0 Å². The third kappa shape index (κ3) is 4.54. The summed E-state index contributed by atoms with van der Waals surface area (Å²) >= 11 is 0. The largest absolute Gasteiger partial charge is 0.497 e. The smallest absolute Gasteiger partial charge is 0.246 e. The van der Waals surface area contributed by atoms with E-state index in [2.05, 4.69) is 4.90 Å². The van der Waals surface area contributed by atoms with Crippen molar-refractivity contribution in [2.75, 3.05) is 40.4 Å². The molecule has 0 unspecified atom stereocenters. The zero-order chi connectivity index (χ0) is 17.6. The predicted octanol–water partition coefficient (Wildman–Crippen LogP) is 2.80. The molecule has 1 aromatic carbocycles. The molecule has 1 amide bonds. The first kappa shape index (κ1) is 17.8. The lowest BCUT2D eigenvalue weighted by molar-refractivity contribution is -0.127. The van der Waals surface area contributed by atoms with Crippen LogP contribution in [0.2, 0.25) is 0 Å². The summed E-state index contributed by atoms with van der Waals surface area (Å²) in [5.41, 5.74) is 0.897. The monoisotopic (exact) mass is 344 g/mol. The van der Waals surface area contributed by atoms with Gasteiger partial charge in [0, 0.05) is 44.4 Å². The molecule has 0 N–H and O–H groups in total. The van der Waals surface area contributed by atoms with Crippen LogP contribution in [0.1, 0.15) is 31.2 Å². The van der Waals surface area contributed by atoms with Crippen LogP contribution in [0.25, 0.3) is 6.08 Å². The zero-order valence-electron chi connectivity index (χ0n) is 15.2. The standard InChI is InChI=1S/C20H28N2O3/c1-24-18-13-16(14-19(15-18)25-2)7-8-20(23)22-11-9-21(10-12-22)17-5-3-4-6-17/h7-8,13-15,17H,3-6,9-12H2,1-2H3/b8-7+. The Bertz CT molecular complexity index is 593. The second kappa shape index (κ2) is 8.39. The molecule has 1 heterocycles. The second-order valence-corrected chi connectivity index (χ2v) is 6.78. The molecule has 1 saturated heterocycles. The molecule has 0 atom stereocenters. The lowest BCUT2D eigenvalue weighted by Gasteiger charge is -2.37. The first-order chi connectivity index (χ1) is 12.2. The van der Waals surface area contributed by atoms with Gasteiger partial charge in [-0.1, -0.05) is 12.8 Å². The predicted molar refractivity (Wildman–Crippen MR) is 99.0 cm³/mol. The van der Waals surface area contributed by atoms with E-state index < -0.39 is 0 Å². The average Bonchev–Trinajstić information content (AvgIpc) is 3.20. The summed E-state index contributed by atoms with van der Waals surface area (Å²) in [7, 11) is 3.24. The maximum atomic E-state index is 12.5. The number of hydrogen-bond donors (Lipinski definition) is 0. The number of carbonyl (C=O) groups is 1. The van der Waals surface area contributed by atoms with Gasteiger partial charge in [0.05, 0.1) is 14.2 Å². The maximum absolute atomic E-state index is 12.5. The van der Waals surface area contributed by atoms with Crippen molar-refractivity contribution in [2.24, 2.45) is 0 Å². The van der Waals surface area contributed by atoms with E-state index in [1.54, 1.807) is 20.3 Å². The summed E-state index contributed by atoms with van der Waals surface area (Å²) < 4.78 is 10.5. The Labute approximate surface area is 150 Å². The average molecular weight is 344 g/mol. The first-order valence-electron chi connectivity index (χ1n) is 9.13. The van der Waals surface area contributed by atoms with Crippen molar-refractivity contribution in [3.63, 3.8) is 0 Å². The van der Waals surface area contributed by atoms with Crippen LogP contribution >= 0.6 is 0 Å². The lowest BCUT2D eigenvalue weighted by atomic mass is 10.1. The normalized spacial score (nSPS) is 19.5. The van der Waals surface area contributed by atoms with Crippen LogP contribution in [0, 0.1) is 0 Å². The van der Waals surface area contributed by atoms with Crippen LogP contribution in [0.4, 0.5) is 0 Å². The number of ether oxygens (including phenoxy) is 2. The summed E-state index contributed by atoms with van der Waals surface area (Å²) in [5.74, 6) is 1.51. The summed E-state index contributed by atoms with van der Waals surface area (Å²) in [5, 5.41) is 0. The highest BCUT2D eigenvalue weighted by molar-refractivity contribution is 5.92. The van der Waals surface area contributed by atoms with Crippen molar-refractivity contribution in [3.05, 3.63) is 29.8 Å². The highest BCUT2D eigenvalue weighted by atomic mass is 16.5. The second-order valence-electron chi connectivity index (χ2n) is 6.78. The molecule has 1 aliphatic carbocycles. The molecule has 0 bridgehead atoms. The molecule has 25 heavy (non-hydrogen) atoms. The highest BCUT2D eigenvalue weighted by Gasteiger charge is 2.27. The summed E-state index contributed by atoms with van der Waals surface area (Å²) in [6.07, 6.45) is 8.85. The highest BCUT2D eigenvalue weighted by Crippen LogP contribution is 2.25. The van der Waals surface area contributed by atoms with Gasteiger partial charge in [0.1, 0.15) is 11.5 Å². The molecule has 0 spiro atoms. The Balaban J connectivity index is 1.56. The van der Waals surface area contributed by atoms with E-state index >= 15 is 0 Å². The zero-order valence-corrected chi connectivity index (χ0v) is 15.2. The lowest BCUT2D eigenvalue weighted by Crippen LogP contribution is -2.51. The number of nitrogens with zero attached hydrogens (tertiary/aromatic N) is 2. The molecular weight excluding hydrogens is 316 g/mol. The quantitative estimate of drug-likeness (QED) is 0.771. The molecule has 0 aromatic heterocycles. The fraction of sp³-hybridized carbons (Fsp3) is 0.550. The number of rotatable bonds is 5. The van der Waals surface area contributed by atoms with Gasteiger partial charge in [-0.3, -0.25) is 9.69 Å². The van der Waals surface area contributed by atoms with Gasteiger partial charge in [-0.15, -0.1) is 0 Å². The van der Waals surface area contributed by atoms with Gasteiger partial charge in [0.2, 0.25) is 5.91 Å². The molecule has 0 radical (unpaired) electrons. The fourth-order valence-electron chi connectivity index (χ4n) is 3.78. The molecule has 5 nitrogen and oxygen atoms in total. The van der Waals surface area contributed by atoms with Crippen LogP contribution in [-0.4, -0.2) is 62.1 Å². The van der Waals surface area contributed by atoms with E-state index in [1.807, 2.05) is 29.2 Å². The van der Waals surface area contributed by atoms with Gasteiger partial charge in [0.15, 0.2) is 0 Å². The minimum absolute atomic E-state index is 0.0767. The third-order valence-corrected chi connectivity index (χ3v) is 5.26. The Kier molecular flexibility index (Phi) is 5.97. The van der Waals surface area contributed by atoms with Gasteiger partial charge in [-0.05, 0) is 36.6 Å². The molecule has 2 aliphatic rings. The molecule has 136 valence electrons. The van der Waals surface area contributed by atoms with Crippen molar-refractivity contribution in [1.82, 2.24) is 9.80 Å². The topological polar surface area (TPSA) is 42.0 Å². The first-order valence-corrected chi connectivity index (χ1v) is 9.13. The van der Waals surface area contributed by atoms with Crippen molar-refractivity contribution >= 4 is 12.0 Å². The number of carbonyl (C=O) groups excluding carboxylic acids is 1. The minimum atomic E-state index is 0.0767. The number of methoxy groups -OCH3 is 2. The number of piperazine rings is 1. The van der Waals surface area contributed by atoms with Gasteiger partial charge in [0.25, 0.3) is 0 Å². The number of amides is 1. The van der Waals surface area contributed by atoms with Gasteiger partial charge < -0.3 is 14.4 Å². The van der Waals surface area contributed by atoms with Crippen LogP contribution in [-0.2, 0) is 4.79 Å². The van der Waals surface area contributed by atoms with Crippen LogP contribution < -0.4 is 9.47 Å². The molecule has 3 rings (SSSR count). The maximum Gasteiger partial charge on any atom is 0.246 e. The fourth-order valence-corrected chi connectivity index (χ4v) is 3.78. The number of hydrogen-bond acceptors (Lipinski definition) is 4. The SMILES string of the molecule is COc1cc(/C=C/C(=O)N2CCN(C3CCCC3)CC2)cc(OC)c1. The van der Waals surface area contributed by atoms with Crippen LogP contribution in [0.15, 0.2) is 24.3 Å². The molecule has 1 aromatic rings. The van der Waals surface area contributed by atoms with Gasteiger partial charge >= 0.3 is 0 Å². The molecule has 1 saturated carbocycles. The van der Waals surface area contributed by atoms with E-state index in [-0.39, 0.29) is 5.91 Å². The summed E-state index contributed by atoms with van der Waals surface area (Å²) in [6, 6.07) is 6.35. The summed E-state index contributed by atoms with van der Waals surface area (Å²) in [4.78, 5) is 17.0. The molecule has 1 aliphatic heterocycles. The minimum Gasteiger partial charge on any atom is -0.497 e. The van der Waals surface area contributed by atoms with Crippen molar-refractivity contribution in [3.8, 4) is 11.5 Å². The van der Waals surface area contributed by atoms with Crippen LogP contribution in [0.3, 0.4) is 0 Å². The van der Waals surface area contributed by atoms with Gasteiger partial charge in [-0.25, -0.2) is 0 Å². The number of benzene rings is 1. The van der Waals surface area contributed by atoms with Crippen LogP contribution in [0.5, 0.6) is 11.5 Å². The molecule has 5 heteroatoms.